The predicted molar refractivity (Wildman–Crippen MR) is 88.8 cm³/mol. The van der Waals surface area contributed by atoms with E-state index in [1.807, 2.05) is 0 Å². The Hall–Kier alpha value is -1.32. The van der Waals surface area contributed by atoms with Crippen LogP contribution in [0.15, 0.2) is 12.2 Å². The van der Waals surface area contributed by atoms with Gasteiger partial charge in [-0.1, -0.05) is 19.9 Å². The van der Waals surface area contributed by atoms with Crippen molar-refractivity contribution in [3.63, 3.8) is 0 Å². The Morgan fingerprint density at radius 2 is 1.70 bits per heavy atom. The fourth-order valence-electron chi connectivity index (χ4n) is 4.13. The van der Waals surface area contributed by atoms with Crippen LogP contribution in [0.3, 0.4) is 0 Å². The summed E-state index contributed by atoms with van der Waals surface area (Å²) < 4.78 is 10.6. The molecule has 1 unspecified atom stereocenters. The first-order valence-electron chi connectivity index (χ1n) is 8.86. The number of esters is 2. The topological polar surface area (TPSA) is 52.6 Å². The van der Waals surface area contributed by atoms with Crippen molar-refractivity contribution < 1.29 is 19.1 Å². The number of ether oxygens (including phenoxy) is 2. The standard InChI is InChI=1S/C19H30O4/c1-5-6-18-7-10-19(11-8-18,12-9-18)17(21)23-15(4)13-22-16(20)14(2)3/h15H,2,5-13H2,1,3-4H3. The molecule has 3 rings (SSSR count). The van der Waals surface area contributed by atoms with Gasteiger partial charge in [-0.05, 0) is 64.2 Å². The van der Waals surface area contributed by atoms with E-state index in [4.69, 9.17) is 9.47 Å². The van der Waals surface area contributed by atoms with Crippen molar-refractivity contribution in [3.8, 4) is 0 Å². The van der Waals surface area contributed by atoms with Crippen LogP contribution < -0.4 is 0 Å². The van der Waals surface area contributed by atoms with E-state index in [1.54, 1.807) is 13.8 Å². The van der Waals surface area contributed by atoms with Crippen LogP contribution in [-0.2, 0) is 19.1 Å². The quantitative estimate of drug-likeness (QED) is 0.521. The van der Waals surface area contributed by atoms with Crippen molar-refractivity contribution in [2.24, 2.45) is 10.8 Å². The highest BCUT2D eigenvalue weighted by Gasteiger charge is 2.52. The number of carbonyl (C=O) groups excluding carboxylic acids is 2. The van der Waals surface area contributed by atoms with Crippen molar-refractivity contribution in [1.29, 1.82) is 0 Å². The SMILES string of the molecule is C=C(C)C(=O)OCC(C)OC(=O)C12CCC(CCC)(CC1)CC2. The van der Waals surface area contributed by atoms with Gasteiger partial charge in [0.15, 0.2) is 0 Å². The third kappa shape index (κ3) is 3.96. The molecule has 3 saturated carbocycles. The van der Waals surface area contributed by atoms with Gasteiger partial charge >= 0.3 is 11.9 Å². The first-order chi connectivity index (χ1) is 10.8. The molecule has 23 heavy (non-hydrogen) atoms. The van der Waals surface area contributed by atoms with E-state index < -0.39 is 12.1 Å². The second-order valence-corrected chi connectivity index (χ2v) is 7.63. The van der Waals surface area contributed by atoms with Gasteiger partial charge in [0.05, 0.1) is 5.41 Å². The average molecular weight is 322 g/mol. The number of carbonyl (C=O) groups is 2. The molecule has 2 bridgehead atoms. The molecule has 3 fully saturated rings. The maximum absolute atomic E-state index is 12.6. The summed E-state index contributed by atoms with van der Waals surface area (Å²) in [5, 5.41) is 0. The van der Waals surface area contributed by atoms with Crippen molar-refractivity contribution in [1.82, 2.24) is 0 Å². The van der Waals surface area contributed by atoms with Gasteiger partial charge in [-0.15, -0.1) is 0 Å². The second kappa shape index (κ2) is 7.06. The molecule has 3 aliphatic rings. The lowest BCUT2D eigenvalue weighted by Crippen LogP contribution is -2.47. The minimum atomic E-state index is -0.439. The van der Waals surface area contributed by atoms with Crippen LogP contribution in [0.5, 0.6) is 0 Å². The van der Waals surface area contributed by atoms with Gasteiger partial charge in [-0.2, -0.15) is 0 Å². The van der Waals surface area contributed by atoms with E-state index in [9.17, 15) is 9.59 Å². The van der Waals surface area contributed by atoms with E-state index in [0.29, 0.717) is 11.0 Å². The summed E-state index contributed by atoms with van der Waals surface area (Å²) >= 11 is 0. The first kappa shape index (κ1) is 18.0. The smallest absolute Gasteiger partial charge is 0.333 e. The highest BCUT2D eigenvalue weighted by molar-refractivity contribution is 5.86. The van der Waals surface area contributed by atoms with E-state index >= 15 is 0 Å². The van der Waals surface area contributed by atoms with Crippen molar-refractivity contribution in [3.05, 3.63) is 12.2 Å². The molecule has 1 atom stereocenters. The maximum atomic E-state index is 12.6. The van der Waals surface area contributed by atoms with Crippen LogP contribution in [0.1, 0.15) is 72.1 Å². The van der Waals surface area contributed by atoms with E-state index in [1.165, 1.54) is 12.8 Å². The Labute approximate surface area is 139 Å². The predicted octanol–water partition coefficient (Wildman–Crippen LogP) is 4.18. The van der Waals surface area contributed by atoms with Crippen LogP contribution in [0.25, 0.3) is 0 Å². The number of hydrogen-bond acceptors (Lipinski definition) is 4. The van der Waals surface area contributed by atoms with Gasteiger partial charge in [-0.3, -0.25) is 4.79 Å². The second-order valence-electron chi connectivity index (χ2n) is 7.63. The van der Waals surface area contributed by atoms with Gasteiger partial charge in [-0.25, -0.2) is 4.79 Å². The molecule has 3 aliphatic carbocycles. The number of hydrogen-bond donors (Lipinski definition) is 0. The van der Waals surface area contributed by atoms with Crippen LogP contribution in [0, 0.1) is 10.8 Å². The molecular weight excluding hydrogens is 292 g/mol. The summed E-state index contributed by atoms with van der Waals surface area (Å²) in [6.07, 6.45) is 8.38. The Bertz CT molecular complexity index is 455. The Balaban J connectivity index is 1.85. The van der Waals surface area contributed by atoms with Crippen LogP contribution >= 0.6 is 0 Å². The molecule has 4 heteroatoms. The minimum absolute atomic E-state index is 0.0906. The van der Waals surface area contributed by atoms with E-state index in [2.05, 4.69) is 13.5 Å². The zero-order chi connectivity index (χ0) is 17.1. The number of rotatable bonds is 7. The van der Waals surface area contributed by atoms with Gasteiger partial charge in [0, 0.05) is 5.57 Å². The summed E-state index contributed by atoms with van der Waals surface area (Å²) in [6, 6.07) is 0. The van der Waals surface area contributed by atoms with Crippen molar-refractivity contribution in [2.45, 2.75) is 78.2 Å². The molecule has 0 aromatic carbocycles. The molecule has 0 saturated heterocycles. The zero-order valence-electron chi connectivity index (χ0n) is 14.8. The minimum Gasteiger partial charge on any atom is -0.459 e. The van der Waals surface area contributed by atoms with Crippen molar-refractivity contribution in [2.75, 3.05) is 6.61 Å². The summed E-state index contributed by atoms with van der Waals surface area (Å²) in [7, 11) is 0. The average Bonchev–Trinajstić information content (AvgIpc) is 2.54. The first-order valence-corrected chi connectivity index (χ1v) is 8.86. The summed E-state index contributed by atoms with van der Waals surface area (Å²) in [6.45, 7) is 9.24. The largest absolute Gasteiger partial charge is 0.459 e. The third-order valence-electron chi connectivity index (χ3n) is 5.72. The fraction of sp³-hybridized carbons (Fsp3) is 0.789. The molecular formula is C19H30O4. The highest BCUT2D eigenvalue weighted by atomic mass is 16.6. The molecule has 0 heterocycles. The Morgan fingerprint density at radius 1 is 1.13 bits per heavy atom. The van der Waals surface area contributed by atoms with Crippen molar-refractivity contribution >= 4 is 11.9 Å². The molecule has 0 aliphatic heterocycles. The monoisotopic (exact) mass is 322 g/mol. The van der Waals surface area contributed by atoms with Crippen LogP contribution in [-0.4, -0.2) is 24.6 Å². The Morgan fingerprint density at radius 3 is 2.17 bits per heavy atom. The Kier molecular flexibility index (Phi) is 5.53. The summed E-state index contributed by atoms with van der Waals surface area (Å²) in [5.74, 6) is -0.535. The number of fused-ring (bicyclic) bond motifs is 3. The van der Waals surface area contributed by atoms with Gasteiger partial charge in [0.2, 0.25) is 0 Å². The van der Waals surface area contributed by atoms with E-state index in [0.717, 1.165) is 38.5 Å². The lowest BCUT2D eigenvalue weighted by molar-refractivity contribution is -0.175. The highest BCUT2D eigenvalue weighted by Crippen LogP contribution is 2.59. The van der Waals surface area contributed by atoms with Crippen LogP contribution in [0.2, 0.25) is 0 Å². The van der Waals surface area contributed by atoms with Gasteiger partial charge in [0.25, 0.3) is 0 Å². The fourth-order valence-corrected chi connectivity index (χ4v) is 4.13. The van der Waals surface area contributed by atoms with Crippen LogP contribution in [0.4, 0.5) is 0 Å². The summed E-state index contributed by atoms with van der Waals surface area (Å²) in [5.41, 5.74) is 0.551. The molecule has 0 aromatic heterocycles. The van der Waals surface area contributed by atoms with Gasteiger partial charge in [0.1, 0.15) is 12.7 Å². The zero-order valence-corrected chi connectivity index (χ0v) is 14.8. The lowest BCUT2D eigenvalue weighted by atomic mass is 9.52. The van der Waals surface area contributed by atoms with E-state index in [-0.39, 0.29) is 18.0 Å². The maximum Gasteiger partial charge on any atom is 0.333 e. The van der Waals surface area contributed by atoms with Gasteiger partial charge < -0.3 is 9.47 Å². The molecule has 0 radical (unpaired) electrons. The molecule has 0 amide bonds. The molecule has 0 N–H and O–H groups in total. The normalized spacial score (nSPS) is 30.6. The lowest BCUT2D eigenvalue weighted by Gasteiger charge is -2.52. The summed E-state index contributed by atoms with van der Waals surface area (Å²) in [4.78, 5) is 24.0. The molecule has 4 nitrogen and oxygen atoms in total. The molecule has 0 aromatic rings. The molecule has 0 spiro atoms. The third-order valence-corrected chi connectivity index (χ3v) is 5.72. The molecule has 130 valence electrons.